The molecular weight excluding hydrogens is 484 g/mol. The zero-order valence-corrected chi connectivity index (χ0v) is 26.4. The normalized spacial score (nSPS) is 20.8. The van der Waals surface area contributed by atoms with Gasteiger partial charge in [0, 0.05) is 18.1 Å². The highest BCUT2D eigenvalue weighted by atomic mass is 16.6. The maximum absolute atomic E-state index is 12.7. The third-order valence-electron chi connectivity index (χ3n) is 8.78. The molecule has 0 spiro atoms. The number of ether oxygens (including phenoxy) is 2. The molecule has 220 valence electrons. The van der Waals surface area contributed by atoms with Crippen molar-refractivity contribution >= 4 is 5.97 Å². The van der Waals surface area contributed by atoms with E-state index < -0.39 is 11.7 Å². The average Bonchev–Trinajstić information content (AvgIpc) is 2.87. The second kappa shape index (κ2) is 15.5. The lowest BCUT2D eigenvalue weighted by molar-refractivity contribution is -0.157. The summed E-state index contributed by atoms with van der Waals surface area (Å²) in [5.41, 5.74) is 2.95. The standard InChI is InChI=1S/C35H56O4/c1-10-11-12-21-32(36)38-31-23-30-29(8)33(37)27(6)28(7)34(30)39-35(31,9)22-15-20-26(5)19-14-18-25(4)17-13-16-24(2)3/h10-12,21,24-26,31,37H,13-20,22-23H2,1-9H3/b11-10+,21-12+/t25-,26+,31?,35-/m0/s1. The van der Waals surface area contributed by atoms with Gasteiger partial charge in [-0.05, 0) is 81.9 Å². The van der Waals surface area contributed by atoms with E-state index in [2.05, 4.69) is 34.6 Å². The van der Waals surface area contributed by atoms with Crippen LogP contribution in [0.4, 0.5) is 0 Å². The molecule has 0 aromatic heterocycles. The van der Waals surface area contributed by atoms with Crippen LogP contribution in [0.25, 0.3) is 0 Å². The fourth-order valence-corrected chi connectivity index (χ4v) is 5.84. The van der Waals surface area contributed by atoms with E-state index >= 15 is 0 Å². The lowest BCUT2D eigenvalue weighted by Gasteiger charge is -2.43. The van der Waals surface area contributed by atoms with Crippen LogP contribution in [0.1, 0.15) is 122 Å². The van der Waals surface area contributed by atoms with Gasteiger partial charge in [0.25, 0.3) is 0 Å². The first-order chi connectivity index (χ1) is 18.4. The van der Waals surface area contributed by atoms with Gasteiger partial charge in [-0.15, -0.1) is 0 Å². The van der Waals surface area contributed by atoms with E-state index in [1.807, 2.05) is 39.8 Å². The van der Waals surface area contributed by atoms with E-state index in [0.29, 0.717) is 18.1 Å². The van der Waals surface area contributed by atoms with Gasteiger partial charge < -0.3 is 14.6 Å². The second-order valence-electron chi connectivity index (χ2n) is 12.8. The number of carbonyl (C=O) groups excluding carboxylic acids is 1. The summed E-state index contributed by atoms with van der Waals surface area (Å²) in [7, 11) is 0. The Labute approximate surface area is 239 Å². The van der Waals surface area contributed by atoms with Gasteiger partial charge in [0.1, 0.15) is 23.2 Å². The van der Waals surface area contributed by atoms with Gasteiger partial charge in [-0.3, -0.25) is 0 Å². The Kier molecular flexibility index (Phi) is 13.1. The first-order valence-corrected chi connectivity index (χ1v) is 15.4. The summed E-state index contributed by atoms with van der Waals surface area (Å²) in [4.78, 5) is 12.7. The zero-order chi connectivity index (χ0) is 29.2. The molecule has 1 heterocycles. The lowest BCUT2D eigenvalue weighted by atomic mass is 9.81. The van der Waals surface area contributed by atoms with Gasteiger partial charge in [-0.1, -0.05) is 90.9 Å². The molecule has 0 saturated heterocycles. The molecule has 4 heteroatoms. The number of esters is 1. The molecule has 0 radical (unpaired) electrons. The van der Waals surface area contributed by atoms with Crippen LogP contribution in [-0.2, 0) is 16.0 Å². The summed E-state index contributed by atoms with van der Waals surface area (Å²) in [6.45, 7) is 19.3. The molecule has 1 unspecified atom stereocenters. The van der Waals surface area contributed by atoms with Crippen LogP contribution in [0.5, 0.6) is 11.5 Å². The van der Waals surface area contributed by atoms with Gasteiger partial charge in [0.2, 0.25) is 0 Å². The highest BCUT2D eigenvalue weighted by Crippen LogP contribution is 2.45. The molecule has 2 rings (SSSR count). The highest BCUT2D eigenvalue weighted by Gasteiger charge is 2.44. The van der Waals surface area contributed by atoms with Gasteiger partial charge in [0.15, 0.2) is 0 Å². The predicted octanol–water partition coefficient (Wildman–Crippen LogP) is 9.49. The minimum atomic E-state index is -0.623. The molecule has 4 atom stereocenters. The number of phenolic OH excluding ortho intramolecular Hbond substituents is 1. The maximum atomic E-state index is 12.7. The summed E-state index contributed by atoms with van der Waals surface area (Å²) in [6.07, 6.45) is 17.9. The topological polar surface area (TPSA) is 55.8 Å². The van der Waals surface area contributed by atoms with Crippen molar-refractivity contribution in [3.8, 4) is 11.5 Å². The van der Waals surface area contributed by atoms with E-state index in [0.717, 1.165) is 59.1 Å². The minimum absolute atomic E-state index is 0.305. The van der Waals surface area contributed by atoms with Crippen LogP contribution in [0.2, 0.25) is 0 Å². The average molecular weight is 541 g/mol. The number of hydrogen-bond donors (Lipinski definition) is 1. The van der Waals surface area contributed by atoms with Gasteiger partial charge in [-0.2, -0.15) is 0 Å². The van der Waals surface area contributed by atoms with Crippen LogP contribution in [-0.4, -0.2) is 22.8 Å². The monoisotopic (exact) mass is 540 g/mol. The van der Waals surface area contributed by atoms with Gasteiger partial charge in [0.05, 0.1) is 0 Å². The highest BCUT2D eigenvalue weighted by molar-refractivity contribution is 5.82. The Balaban J connectivity index is 2.04. The van der Waals surface area contributed by atoms with E-state index in [1.165, 1.54) is 44.6 Å². The molecule has 0 amide bonds. The number of rotatable bonds is 15. The van der Waals surface area contributed by atoms with Crippen LogP contribution >= 0.6 is 0 Å². The first-order valence-electron chi connectivity index (χ1n) is 15.4. The SMILES string of the molecule is C/C=C/C=C/C(=O)OC1Cc2c(C)c(O)c(C)c(C)c2O[C@@]1(C)CCC[C@H](C)CCC[C@@H](C)CCCC(C)C. The lowest BCUT2D eigenvalue weighted by Crippen LogP contribution is -2.51. The fraction of sp³-hybridized carbons (Fsp3) is 0.686. The van der Waals surface area contributed by atoms with Crippen LogP contribution in [0.15, 0.2) is 24.3 Å². The number of fused-ring (bicyclic) bond motifs is 1. The van der Waals surface area contributed by atoms with Crippen molar-refractivity contribution in [1.29, 1.82) is 0 Å². The molecule has 4 nitrogen and oxygen atoms in total. The number of benzene rings is 1. The Morgan fingerprint density at radius 3 is 2.13 bits per heavy atom. The Hall–Kier alpha value is -2.23. The zero-order valence-electron chi connectivity index (χ0n) is 26.4. The third-order valence-corrected chi connectivity index (χ3v) is 8.78. The molecule has 1 aliphatic rings. The summed E-state index contributed by atoms with van der Waals surface area (Å²) in [5, 5.41) is 10.7. The maximum Gasteiger partial charge on any atom is 0.331 e. The number of hydrogen-bond acceptors (Lipinski definition) is 4. The molecule has 1 aromatic carbocycles. The first kappa shape index (κ1) is 33.0. The number of allylic oxidation sites excluding steroid dienone is 3. The Morgan fingerprint density at radius 2 is 1.54 bits per heavy atom. The van der Waals surface area contributed by atoms with Crippen molar-refractivity contribution in [3.05, 3.63) is 46.6 Å². The molecule has 0 aliphatic carbocycles. The fourth-order valence-electron chi connectivity index (χ4n) is 5.84. The van der Waals surface area contributed by atoms with Crippen LogP contribution in [0.3, 0.4) is 0 Å². The van der Waals surface area contributed by atoms with E-state index in [-0.39, 0.29) is 5.97 Å². The summed E-state index contributed by atoms with van der Waals surface area (Å²) >= 11 is 0. The minimum Gasteiger partial charge on any atom is -0.507 e. The molecule has 0 bridgehead atoms. The Morgan fingerprint density at radius 1 is 0.949 bits per heavy atom. The molecular formula is C35H56O4. The third kappa shape index (κ3) is 9.72. The van der Waals surface area contributed by atoms with Gasteiger partial charge >= 0.3 is 5.97 Å². The molecule has 1 N–H and O–H groups in total. The smallest absolute Gasteiger partial charge is 0.331 e. The van der Waals surface area contributed by atoms with Crippen LogP contribution in [0, 0.1) is 38.5 Å². The molecule has 39 heavy (non-hydrogen) atoms. The number of aromatic hydroxyl groups is 1. The largest absolute Gasteiger partial charge is 0.507 e. The summed E-state index contributed by atoms with van der Waals surface area (Å²) in [6, 6.07) is 0. The van der Waals surface area contributed by atoms with E-state index in [4.69, 9.17) is 9.47 Å². The Bertz CT molecular complexity index is 989. The molecule has 1 aliphatic heterocycles. The van der Waals surface area contributed by atoms with Crippen molar-refractivity contribution in [1.82, 2.24) is 0 Å². The van der Waals surface area contributed by atoms with E-state index in [1.54, 1.807) is 6.08 Å². The second-order valence-corrected chi connectivity index (χ2v) is 12.8. The van der Waals surface area contributed by atoms with Crippen molar-refractivity contribution in [3.63, 3.8) is 0 Å². The van der Waals surface area contributed by atoms with Crippen LogP contribution < -0.4 is 4.74 Å². The van der Waals surface area contributed by atoms with Gasteiger partial charge in [-0.25, -0.2) is 4.79 Å². The predicted molar refractivity (Wildman–Crippen MR) is 164 cm³/mol. The summed E-state index contributed by atoms with van der Waals surface area (Å²) < 4.78 is 12.7. The molecule has 0 saturated carbocycles. The molecule has 1 aromatic rings. The summed E-state index contributed by atoms with van der Waals surface area (Å²) in [5.74, 6) is 3.08. The molecule has 0 fully saturated rings. The van der Waals surface area contributed by atoms with E-state index in [9.17, 15) is 9.90 Å². The van der Waals surface area contributed by atoms with Crippen molar-refractivity contribution < 1.29 is 19.4 Å². The van der Waals surface area contributed by atoms with Crippen molar-refractivity contribution in [2.24, 2.45) is 17.8 Å². The quantitative estimate of drug-likeness (QED) is 0.137. The van der Waals surface area contributed by atoms with Crippen molar-refractivity contribution in [2.45, 2.75) is 138 Å². The van der Waals surface area contributed by atoms with Crippen molar-refractivity contribution in [2.75, 3.05) is 0 Å². The number of carbonyl (C=O) groups is 1. The number of phenols is 1.